The van der Waals surface area contributed by atoms with E-state index >= 15 is 0 Å². The second-order valence-corrected chi connectivity index (χ2v) is 8.14. The van der Waals surface area contributed by atoms with Crippen molar-refractivity contribution in [2.45, 2.75) is 32.7 Å². The molecule has 0 spiro atoms. The largest absolute Gasteiger partial charge is 0.354 e. The fourth-order valence-electron chi connectivity index (χ4n) is 3.11. The van der Waals surface area contributed by atoms with E-state index in [1.807, 2.05) is 24.3 Å². The Hall–Kier alpha value is -0.330. The molecule has 0 radical (unpaired) electrons. The summed E-state index contributed by atoms with van der Waals surface area (Å²) in [5.74, 6) is 1.11. The summed E-state index contributed by atoms with van der Waals surface area (Å²) in [5.41, 5.74) is 6.09. The molecule has 1 heterocycles. The number of nitrogens with zero attached hydrogens (tertiary/aromatic N) is 1. The molecule has 1 amide bonds. The van der Waals surface area contributed by atoms with Gasteiger partial charge >= 0.3 is 0 Å². The van der Waals surface area contributed by atoms with Gasteiger partial charge in [-0.25, -0.2) is 0 Å². The van der Waals surface area contributed by atoms with Gasteiger partial charge in [0.2, 0.25) is 5.91 Å². The summed E-state index contributed by atoms with van der Waals surface area (Å²) in [7, 11) is 0. The first kappa shape index (κ1) is 24.7. The lowest BCUT2D eigenvalue weighted by Crippen LogP contribution is -2.50. The van der Waals surface area contributed by atoms with Crippen LogP contribution in [-0.2, 0) is 10.3 Å². The summed E-state index contributed by atoms with van der Waals surface area (Å²) >= 11 is 3.40. The van der Waals surface area contributed by atoms with E-state index in [4.69, 9.17) is 5.73 Å². The number of halogens is 3. The minimum Gasteiger partial charge on any atom is -0.354 e. The van der Waals surface area contributed by atoms with Gasteiger partial charge in [0.25, 0.3) is 0 Å². The number of hydrogen-bond donors (Lipinski definition) is 2. The number of benzene rings is 1. The lowest BCUT2D eigenvalue weighted by Gasteiger charge is -2.25. The highest BCUT2D eigenvalue weighted by atomic mass is 79.9. The number of nitrogens with two attached hydrogens (primary N) is 1. The molecule has 1 fully saturated rings. The first-order valence-electron chi connectivity index (χ1n) is 8.34. The number of nitrogens with one attached hydrogen (secondary N) is 1. The summed E-state index contributed by atoms with van der Waals surface area (Å²) < 4.78 is 0.980. The Labute approximate surface area is 172 Å². The van der Waals surface area contributed by atoms with Crippen molar-refractivity contribution in [1.29, 1.82) is 0 Å². The third-order valence-electron chi connectivity index (χ3n) is 4.46. The van der Waals surface area contributed by atoms with Gasteiger partial charge in [0, 0.05) is 24.1 Å². The zero-order valence-electron chi connectivity index (χ0n) is 15.1. The van der Waals surface area contributed by atoms with Crippen molar-refractivity contribution < 1.29 is 4.79 Å². The van der Waals surface area contributed by atoms with E-state index < -0.39 is 5.54 Å². The molecule has 1 aromatic carbocycles. The van der Waals surface area contributed by atoms with Crippen LogP contribution < -0.4 is 11.1 Å². The summed E-state index contributed by atoms with van der Waals surface area (Å²) in [6, 6.07) is 7.61. The van der Waals surface area contributed by atoms with Gasteiger partial charge in [-0.15, -0.1) is 24.8 Å². The van der Waals surface area contributed by atoms with Gasteiger partial charge in [-0.1, -0.05) is 41.9 Å². The second-order valence-electron chi connectivity index (χ2n) is 7.23. The van der Waals surface area contributed by atoms with Crippen LogP contribution in [0.25, 0.3) is 0 Å². The third kappa shape index (κ3) is 7.06. The minimum absolute atomic E-state index is 0. The topological polar surface area (TPSA) is 58.4 Å². The molecule has 2 unspecified atom stereocenters. The maximum Gasteiger partial charge on any atom is 0.244 e. The number of carbonyl (C=O) groups is 1. The molecule has 144 valence electrons. The molecule has 2 atom stereocenters. The first-order chi connectivity index (χ1) is 10.8. The summed E-state index contributed by atoms with van der Waals surface area (Å²) in [6.07, 6.45) is 1.15. The average molecular weight is 455 g/mol. The maximum absolute atomic E-state index is 12.5. The quantitative estimate of drug-likeness (QED) is 0.690. The van der Waals surface area contributed by atoms with Crippen LogP contribution in [0.3, 0.4) is 0 Å². The Kier molecular flexibility index (Phi) is 10.6. The highest BCUT2D eigenvalue weighted by molar-refractivity contribution is 9.10. The van der Waals surface area contributed by atoms with Crippen LogP contribution in [0.15, 0.2) is 28.7 Å². The van der Waals surface area contributed by atoms with Gasteiger partial charge in [-0.2, -0.15) is 0 Å². The van der Waals surface area contributed by atoms with E-state index in [0.717, 1.165) is 36.1 Å². The number of hydrogen-bond acceptors (Lipinski definition) is 3. The molecule has 2 rings (SSSR count). The third-order valence-corrected chi connectivity index (χ3v) is 4.99. The molecule has 4 nitrogen and oxygen atoms in total. The Morgan fingerprint density at radius 3 is 2.52 bits per heavy atom. The lowest BCUT2D eigenvalue weighted by atomic mass is 9.92. The molecule has 25 heavy (non-hydrogen) atoms. The van der Waals surface area contributed by atoms with Crippen molar-refractivity contribution in [2.24, 2.45) is 17.6 Å². The lowest BCUT2D eigenvalue weighted by molar-refractivity contribution is -0.126. The molecule has 0 bridgehead atoms. The number of amides is 1. The maximum atomic E-state index is 12.5. The van der Waals surface area contributed by atoms with Crippen molar-refractivity contribution in [3.05, 3.63) is 34.3 Å². The van der Waals surface area contributed by atoms with E-state index in [1.54, 1.807) is 6.92 Å². The molecule has 0 saturated carbocycles. The van der Waals surface area contributed by atoms with Crippen molar-refractivity contribution >= 4 is 46.7 Å². The molecule has 0 aliphatic carbocycles. The summed E-state index contributed by atoms with van der Waals surface area (Å²) in [4.78, 5) is 15.0. The number of carbonyl (C=O) groups excluding carboxylic acids is 1. The van der Waals surface area contributed by atoms with Gasteiger partial charge < -0.3 is 16.0 Å². The Balaban J connectivity index is 0.00000288. The smallest absolute Gasteiger partial charge is 0.244 e. The van der Waals surface area contributed by atoms with E-state index in [2.05, 4.69) is 40.0 Å². The monoisotopic (exact) mass is 453 g/mol. The van der Waals surface area contributed by atoms with Crippen LogP contribution >= 0.6 is 40.7 Å². The highest BCUT2D eigenvalue weighted by Crippen LogP contribution is 2.21. The SMILES string of the molecule is CC(C)CN1CCC(CNC(=O)C(C)(N)c2ccc(Br)cc2)C1.Cl.Cl. The molecular weight excluding hydrogens is 425 g/mol. The van der Waals surface area contributed by atoms with Gasteiger partial charge in [-0.3, -0.25) is 4.79 Å². The second kappa shape index (κ2) is 10.7. The number of likely N-dealkylation sites (tertiary alicyclic amines) is 1. The number of rotatable bonds is 6. The normalized spacial score (nSPS) is 19.7. The van der Waals surface area contributed by atoms with E-state index in [0.29, 0.717) is 18.4 Å². The molecule has 3 N–H and O–H groups in total. The summed E-state index contributed by atoms with van der Waals surface area (Å²) in [5, 5.41) is 3.05. The molecule has 0 aromatic heterocycles. The molecule has 1 saturated heterocycles. The van der Waals surface area contributed by atoms with E-state index in [-0.39, 0.29) is 30.7 Å². The van der Waals surface area contributed by atoms with Gasteiger partial charge in [0.05, 0.1) is 0 Å². The van der Waals surface area contributed by atoms with Crippen molar-refractivity contribution in [3.8, 4) is 0 Å². The van der Waals surface area contributed by atoms with Crippen molar-refractivity contribution in [2.75, 3.05) is 26.2 Å². The molecule has 1 aliphatic heterocycles. The first-order valence-corrected chi connectivity index (χ1v) is 9.14. The Morgan fingerprint density at radius 2 is 1.96 bits per heavy atom. The Morgan fingerprint density at radius 1 is 1.36 bits per heavy atom. The average Bonchev–Trinajstić information content (AvgIpc) is 2.91. The Bertz CT molecular complexity index is 538. The van der Waals surface area contributed by atoms with Crippen molar-refractivity contribution in [1.82, 2.24) is 10.2 Å². The van der Waals surface area contributed by atoms with Crippen LogP contribution in [0.1, 0.15) is 32.8 Å². The van der Waals surface area contributed by atoms with E-state index in [9.17, 15) is 4.79 Å². The molecular formula is C18H30BrCl2N3O. The zero-order valence-corrected chi connectivity index (χ0v) is 18.3. The fourth-order valence-corrected chi connectivity index (χ4v) is 3.37. The van der Waals surface area contributed by atoms with Crippen molar-refractivity contribution in [3.63, 3.8) is 0 Å². The standard InChI is InChI=1S/C18H28BrN3O.2ClH/c1-13(2)11-22-9-8-14(12-22)10-21-17(23)18(3,20)15-4-6-16(19)7-5-15;;/h4-7,13-14H,8-12,20H2,1-3H3,(H,21,23);2*1H. The zero-order chi connectivity index (χ0) is 17.0. The van der Waals surface area contributed by atoms with Gasteiger partial charge in [0.1, 0.15) is 5.54 Å². The molecule has 1 aromatic rings. The predicted octanol–water partition coefficient (Wildman–Crippen LogP) is 3.56. The predicted molar refractivity (Wildman–Crippen MR) is 113 cm³/mol. The van der Waals surface area contributed by atoms with Crippen LogP contribution in [0.2, 0.25) is 0 Å². The van der Waals surface area contributed by atoms with Crippen LogP contribution in [0.5, 0.6) is 0 Å². The summed E-state index contributed by atoms with van der Waals surface area (Å²) in [6.45, 7) is 10.3. The molecule has 7 heteroatoms. The van der Waals surface area contributed by atoms with Gasteiger partial charge in [-0.05, 0) is 49.4 Å². The fraction of sp³-hybridized carbons (Fsp3) is 0.611. The van der Waals surface area contributed by atoms with Gasteiger partial charge in [0.15, 0.2) is 0 Å². The van der Waals surface area contributed by atoms with Crippen LogP contribution in [0, 0.1) is 11.8 Å². The van der Waals surface area contributed by atoms with E-state index in [1.165, 1.54) is 0 Å². The molecule has 1 aliphatic rings. The highest BCUT2D eigenvalue weighted by Gasteiger charge is 2.31. The van der Waals surface area contributed by atoms with Crippen LogP contribution in [-0.4, -0.2) is 37.0 Å². The van der Waals surface area contributed by atoms with Crippen LogP contribution in [0.4, 0.5) is 0 Å². The minimum atomic E-state index is -1.00.